The summed E-state index contributed by atoms with van der Waals surface area (Å²) in [6.45, 7) is 8.05. The molecule has 19 heavy (non-hydrogen) atoms. The van der Waals surface area contributed by atoms with Crippen molar-refractivity contribution < 1.29 is 4.74 Å². The van der Waals surface area contributed by atoms with Gasteiger partial charge in [-0.2, -0.15) is 0 Å². The predicted octanol–water partition coefficient (Wildman–Crippen LogP) is 2.12. The first kappa shape index (κ1) is 13.8. The molecule has 0 radical (unpaired) electrons. The SMILES string of the molecule is CC1CC1CN(C)CC1(CNC2CC2)CCOCC1. The van der Waals surface area contributed by atoms with Crippen LogP contribution in [0.3, 0.4) is 0 Å². The number of nitrogens with one attached hydrogen (secondary N) is 1. The standard InChI is InChI=1S/C16H30N2O/c1-13-9-14(13)10-18(2)12-16(5-7-19-8-6-16)11-17-15-3-4-15/h13-15,17H,3-12H2,1-2H3. The highest BCUT2D eigenvalue weighted by Gasteiger charge is 2.38. The number of rotatable bonds is 7. The zero-order chi connectivity index (χ0) is 13.3. The topological polar surface area (TPSA) is 24.5 Å². The molecular formula is C16H30N2O. The Balaban J connectivity index is 1.50. The van der Waals surface area contributed by atoms with Gasteiger partial charge in [-0.3, -0.25) is 0 Å². The highest BCUT2D eigenvalue weighted by atomic mass is 16.5. The fourth-order valence-electron chi connectivity index (χ4n) is 3.53. The maximum atomic E-state index is 5.59. The van der Waals surface area contributed by atoms with E-state index in [1.165, 1.54) is 51.7 Å². The molecule has 0 aromatic heterocycles. The molecule has 3 fully saturated rings. The zero-order valence-corrected chi connectivity index (χ0v) is 12.7. The van der Waals surface area contributed by atoms with Crippen molar-refractivity contribution in [3.05, 3.63) is 0 Å². The molecule has 0 bridgehead atoms. The van der Waals surface area contributed by atoms with Crippen molar-refractivity contribution in [3.8, 4) is 0 Å². The molecule has 3 nitrogen and oxygen atoms in total. The Bertz CT molecular complexity index is 297. The van der Waals surface area contributed by atoms with Gasteiger partial charge in [-0.15, -0.1) is 0 Å². The summed E-state index contributed by atoms with van der Waals surface area (Å²) in [5.74, 6) is 1.94. The van der Waals surface area contributed by atoms with E-state index in [0.29, 0.717) is 5.41 Å². The summed E-state index contributed by atoms with van der Waals surface area (Å²) in [5.41, 5.74) is 0.466. The van der Waals surface area contributed by atoms with Crippen molar-refractivity contribution in [2.24, 2.45) is 17.3 Å². The van der Waals surface area contributed by atoms with E-state index in [1.807, 2.05) is 0 Å². The van der Waals surface area contributed by atoms with E-state index in [2.05, 4.69) is 24.2 Å². The van der Waals surface area contributed by atoms with Crippen molar-refractivity contribution >= 4 is 0 Å². The molecule has 1 heterocycles. The lowest BCUT2D eigenvalue weighted by Crippen LogP contribution is -2.47. The molecule has 0 spiro atoms. The Morgan fingerprint density at radius 3 is 2.53 bits per heavy atom. The van der Waals surface area contributed by atoms with E-state index >= 15 is 0 Å². The summed E-state index contributed by atoms with van der Waals surface area (Å²) >= 11 is 0. The third-order valence-electron chi connectivity index (χ3n) is 5.32. The summed E-state index contributed by atoms with van der Waals surface area (Å²) in [6.07, 6.45) is 6.69. The van der Waals surface area contributed by atoms with Gasteiger partial charge in [-0.25, -0.2) is 0 Å². The Morgan fingerprint density at radius 1 is 1.26 bits per heavy atom. The normalized spacial score (nSPS) is 33.6. The lowest BCUT2D eigenvalue weighted by atomic mass is 9.79. The molecule has 3 aliphatic rings. The van der Waals surface area contributed by atoms with Gasteiger partial charge in [0.25, 0.3) is 0 Å². The van der Waals surface area contributed by atoms with E-state index < -0.39 is 0 Å². The van der Waals surface area contributed by atoms with Crippen LogP contribution in [0.25, 0.3) is 0 Å². The van der Waals surface area contributed by atoms with Gasteiger partial charge in [0.2, 0.25) is 0 Å². The van der Waals surface area contributed by atoms with Crippen LogP contribution in [0.1, 0.15) is 39.0 Å². The largest absolute Gasteiger partial charge is 0.381 e. The molecule has 2 unspecified atom stereocenters. The summed E-state index contributed by atoms with van der Waals surface area (Å²) < 4.78 is 5.59. The van der Waals surface area contributed by atoms with Gasteiger partial charge in [0.05, 0.1) is 0 Å². The third-order valence-corrected chi connectivity index (χ3v) is 5.32. The molecule has 0 amide bonds. The van der Waals surface area contributed by atoms with E-state index in [-0.39, 0.29) is 0 Å². The van der Waals surface area contributed by atoms with Crippen LogP contribution >= 0.6 is 0 Å². The van der Waals surface area contributed by atoms with Crippen LogP contribution in [-0.2, 0) is 4.74 Å². The van der Waals surface area contributed by atoms with Gasteiger partial charge in [0.1, 0.15) is 0 Å². The first-order valence-electron chi connectivity index (χ1n) is 8.17. The molecule has 1 N–H and O–H groups in total. The molecular weight excluding hydrogens is 236 g/mol. The Labute approximate surface area is 118 Å². The van der Waals surface area contributed by atoms with Crippen molar-refractivity contribution in [3.63, 3.8) is 0 Å². The monoisotopic (exact) mass is 266 g/mol. The maximum Gasteiger partial charge on any atom is 0.0472 e. The molecule has 2 saturated carbocycles. The van der Waals surface area contributed by atoms with Gasteiger partial charge in [-0.05, 0) is 56.4 Å². The maximum absolute atomic E-state index is 5.59. The number of ether oxygens (including phenoxy) is 1. The highest BCUT2D eigenvalue weighted by molar-refractivity contribution is 4.92. The fourth-order valence-corrected chi connectivity index (χ4v) is 3.53. The Hall–Kier alpha value is -0.120. The molecule has 0 aromatic rings. The van der Waals surface area contributed by atoms with Crippen LogP contribution in [0.2, 0.25) is 0 Å². The summed E-state index contributed by atoms with van der Waals surface area (Å²) in [6, 6.07) is 0.827. The molecule has 3 rings (SSSR count). The van der Waals surface area contributed by atoms with E-state index in [4.69, 9.17) is 4.74 Å². The van der Waals surface area contributed by atoms with E-state index in [1.54, 1.807) is 0 Å². The van der Waals surface area contributed by atoms with Gasteiger partial charge < -0.3 is 15.0 Å². The van der Waals surface area contributed by atoms with Crippen LogP contribution in [-0.4, -0.2) is 50.8 Å². The van der Waals surface area contributed by atoms with Gasteiger partial charge in [0, 0.05) is 38.9 Å². The molecule has 1 saturated heterocycles. The first-order valence-corrected chi connectivity index (χ1v) is 8.17. The molecule has 2 atom stereocenters. The minimum absolute atomic E-state index is 0.466. The van der Waals surface area contributed by atoms with Crippen LogP contribution in [0.5, 0.6) is 0 Å². The van der Waals surface area contributed by atoms with Crippen LogP contribution in [0.4, 0.5) is 0 Å². The van der Waals surface area contributed by atoms with Gasteiger partial charge >= 0.3 is 0 Å². The summed E-state index contributed by atoms with van der Waals surface area (Å²) in [7, 11) is 2.32. The first-order chi connectivity index (χ1) is 9.17. The molecule has 1 aliphatic heterocycles. The fraction of sp³-hybridized carbons (Fsp3) is 1.00. The molecule has 0 aromatic carbocycles. The minimum Gasteiger partial charge on any atom is -0.381 e. The zero-order valence-electron chi connectivity index (χ0n) is 12.7. The average Bonchev–Trinajstić information content (AvgIpc) is 3.28. The highest BCUT2D eigenvalue weighted by Crippen LogP contribution is 2.39. The lowest BCUT2D eigenvalue weighted by molar-refractivity contribution is -0.00143. The van der Waals surface area contributed by atoms with Crippen LogP contribution in [0, 0.1) is 17.3 Å². The van der Waals surface area contributed by atoms with Gasteiger partial charge in [0.15, 0.2) is 0 Å². The molecule has 3 heteroatoms. The lowest BCUT2D eigenvalue weighted by Gasteiger charge is -2.40. The second-order valence-electron chi connectivity index (χ2n) is 7.44. The smallest absolute Gasteiger partial charge is 0.0472 e. The van der Waals surface area contributed by atoms with E-state index in [9.17, 15) is 0 Å². The predicted molar refractivity (Wildman–Crippen MR) is 78.3 cm³/mol. The molecule has 110 valence electrons. The van der Waals surface area contributed by atoms with Crippen molar-refractivity contribution in [2.45, 2.75) is 45.1 Å². The quantitative estimate of drug-likeness (QED) is 0.764. The summed E-state index contributed by atoms with van der Waals surface area (Å²) in [4.78, 5) is 2.59. The average molecular weight is 266 g/mol. The van der Waals surface area contributed by atoms with Crippen molar-refractivity contribution in [1.29, 1.82) is 0 Å². The van der Waals surface area contributed by atoms with Crippen LogP contribution in [0.15, 0.2) is 0 Å². The Morgan fingerprint density at radius 2 is 1.95 bits per heavy atom. The number of hydrogen-bond acceptors (Lipinski definition) is 3. The van der Waals surface area contributed by atoms with E-state index in [0.717, 1.165) is 31.1 Å². The second kappa shape index (κ2) is 5.71. The minimum atomic E-state index is 0.466. The third kappa shape index (κ3) is 3.93. The van der Waals surface area contributed by atoms with Crippen LogP contribution < -0.4 is 5.32 Å². The molecule has 2 aliphatic carbocycles. The Kier molecular flexibility index (Phi) is 4.16. The number of hydrogen-bond donors (Lipinski definition) is 1. The second-order valence-corrected chi connectivity index (χ2v) is 7.44. The van der Waals surface area contributed by atoms with Gasteiger partial charge in [-0.1, -0.05) is 6.92 Å². The summed E-state index contributed by atoms with van der Waals surface area (Å²) in [5, 5.41) is 3.77. The number of nitrogens with zero attached hydrogens (tertiary/aromatic N) is 1. The van der Waals surface area contributed by atoms with Crippen molar-refractivity contribution in [2.75, 3.05) is 39.9 Å². The van der Waals surface area contributed by atoms with Crippen molar-refractivity contribution in [1.82, 2.24) is 10.2 Å².